The molecule has 0 saturated heterocycles. The first-order valence-corrected chi connectivity index (χ1v) is 6.69. The van der Waals surface area contributed by atoms with Crippen LogP contribution in [-0.2, 0) is 0 Å². The third-order valence-electron chi connectivity index (χ3n) is 3.96. The normalized spacial score (nSPS) is 26.8. The molecule has 17 heavy (non-hydrogen) atoms. The van der Waals surface area contributed by atoms with Gasteiger partial charge in [0, 0.05) is 12.4 Å². The number of aliphatic hydroxyl groups is 1. The second kappa shape index (κ2) is 5.58. The Hall–Kier alpha value is -0.960. The molecule has 1 heterocycles. The van der Waals surface area contributed by atoms with Crippen molar-refractivity contribution in [2.45, 2.75) is 52.1 Å². The summed E-state index contributed by atoms with van der Waals surface area (Å²) in [5.74, 6) is 1.57. The fourth-order valence-electron chi connectivity index (χ4n) is 2.91. The Balaban J connectivity index is 2.12. The Morgan fingerprint density at radius 1 is 1.29 bits per heavy atom. The molecule has 1 aliphatic carbocycles. The average Bonchev–Trinajstić information content (AvgIpc) is 2.39. The zero-order chi connectivity index (χ0) is 12.3. The zero-order valence-electron chi connectivity index (χ0n) is 10.8. The van der Waals surface area contributed by atoms with Crippen LogP contribution >= 0.6 is 0 Å². The van der Waals surface area contributed by atoms with Crippen LogP contribution < -0.4 is 0 Å². The number of nitrogens with zero attached hydrogens (tertiary/aromatic N) is 2. The minimum absolute atomic E-state index is 0.344. The van der Waals surface area contributed by atoms with E-state index < -0.39 is 6.10 Å². The summed E-state index contributed by atoms with van der Waals surface area (Å²) in [6, 6.07) is 0. The van der Waals surface area contributed by atoms with Crippen LogP contribution in [0.25, 0.3) is 0 Å². The van der Waals surface area contributed by atoms with Crippen LogP contribution in [0.5, 0.6) is 0 Å². The molecule has 0 spiro atoms. The number of aliphatic hydroxyl groups excluding tert-OH is 1. The summed E-state index contributed by atoms with van der Waals surface area (Å²) < 4.78 is 0. The third kappa shape index (κ3) is 2.83. The Kier molecular flexibility index (Phi) is 4.11. The van der Waals surface area contributed by atoms with Crippen molar-refractivity contribution < 1.29 is 5.11 Å². The number of rotatable bonds is 3. The second-order valence-electron chi connectivity index (χ2n) is 5.18. The molecular weight excluding hydrogens is 212 g/mol. The van der Waals surface area contributed by atoms with Gasteiger partial charge in [-0.15, -0.1) is 0 Å². The van der Waals surface area contributed by atoms with Crippen LogP contribution in [0.15, 0.2) is 12.4 Å². The fourth-order valence-corrected chi connectivity index (χ4v) is 2.91. The zero-order valence-corrected chi connectivity index (χ0v) is 10.8. The Labute approximate surface area is 103 Å². The molecule has 1 N–H and O–H groups in total. The van der Waals surface area contributed by atoms with Crippen molar-refractivity contribution in [1.29, 1.82) is 0 Å². The van der Waals surface area contributed by atoms with Crippen molar-refractivity contribution >= 4 is 0 Å². The molecule has 0 aliphatic heterocycles. The molecule has 3 nitrogen and oxygen atoms in total. The highest BCUT2D eigenvalue weighted by Gasteiger charge is 2.31. The van der Waals surface area contributed by atoms with Gasteiger partial charge in [-0.25, -0.2) is 9.97 Å². The van der Waals surface area contributed by atoms with Crippen LogP contribution in [0, 0.1) is 18.8 Å². The van der Waals surface area contributed by atoms with E-state index >= 15 is 0 Å². The molecule has 0 radical (unpaired) electrons. The molecular formula is C14H22N2O. The van der Waals surface area contributed by atoms with Gasteiger partial charge in [0.1, 0.15) is 6.10 Å². The lowest BCUT2D eigenvalue weighted by Gasteiger charge is -2.33. The van der Waals surface area contributed by atoms with E-state index in [1.807, 2.05) is 6.92 Å². The maximum absolute atomic E-state index is 10.4. The summed E-state index contributed by atoms with van der Waals surface area (Å²) >= 11 is 0. The number of aryl methyl sites for hydroxylation is 1. The first-order chi connectivity index (χ1) is 8.22. The SMILES string of the molecule is CCC1CCCCC1C(O)c1ncc(C)cn1. The number of hydrogen-bond donors (Lipinski definition) is 1. The Morgan fingerprint density at radius 3 is 2.59 bits per heavy atom. The van der Waals surface area contributed by atoms with Gasteiger partial charge in [-0.3, -0.25) is 0 Å². The van der Waals surface area contributed by atoms with Gasteiger partial charge < -0.3 is 5.11 Å². The minimum Gasteiger partial charge on any atom is -0.385 e. The van der Waals surface area contributed by atoms with E-state index in [0.717, 1.165) is 18.4 Å². The van der Waals surface area contributed by atoms with Crippen molar-refractivity contribution in [1.82, 2.24) is 9.97 Å². The molecule has 1 aliphatic rings. The predicted octanol–water partition coefficient (Wildman–Crippen LogP) is 3.03. The summed E-state index contributed by atoms with van der Waals surface area (Å²) in [5, 5.41) is 10.4. The lowest BCUT2D eigenvalue weighted by molar-refractivity contribution is 0.0389. The van der Waals surface area contributed by atoms with E-state index in [1.54, 1.807) is 12.4 Å². The van der Waals surface area contributed by atoms with Gasteiger partial charge in [0.05, 0.1) is 0 Å². The summed E-state index contributed by atoms with van der Waals surface area (Å²) in [6.07, 6.45) is 9.11. The van der Waals surface area contributed by atoms with Crippen molar-refractivity contribution in [3.63, 3.8) is 0 Å². The summed E-state index contributed by atoms with van der Waals surface area (Å²) in [6.45, 7) is 4.18. The highest BCUT2D eigenvalue weighted by Crippen LogP contribution is 2.39. The summed E-state index contributed by atoms with van der Waals surface area (Å²) in [5.41, 5.74) is 1.04. The maximum atomic E-state index is 10.4. The van der Waals surface area contributed by atoms with Gasteiger partial charge >= 0.3 is 0 Å². The molecule has 1 aromatic rings. The molecule has 3 heteroatoms. The predicted molar refractivity (Wildman–Crippen MR) is 67.5 cm³/mol. The molecule has 94 valence electrons. The molecule has 0 amide bonds. The van der Waals surface area contributed by atoms with Crippen molar-refractivity contribution in [3.05, 3.63) is 23.8 Å². The fraction of sp³-hybridized carbons (Fsp3) is 0.714. The smallest absolute Gasteiger partial charge is 0.157 e. The number of hydrogen-bond acceptors (Lipinski definition) is 3. The molecule has 0 bridgehead atoms. The Bertz CT molecular complexity index is 350. The van der Waals surface area contributed by atoms with Gasteiger partial charge in [0.25, 0.3) is 0 Å². The summed E-state index contributed by atoms with van der Waals surface area (Å²) in [4.78, 5) is 8.52. The first-order valence-electron chi connectivity index (χ1n) is 6.69. The van der Waals surface area contributed by atoms with Gasteiger partial charge in [-0.1, -0.05) is 32.6 Å². The lowest BCUT2D eigenvalue weighted by Crippen LogP contribution is -2.26. The second-order valence-corrected chi connectivity index (χ2v) is 5.18. The quantitative estimate of drug-likeness (QED) is 0.874. The van der Waals surface area contributed by atoms with E-state index in [2.05, 4.69) is 16.9 Å². The topological polar surface area (TPSA) is 46.0 Å². The highest BCUT2D eigenvalue weighted by atomic mass is 16.3. The maximum Gasteiger partial charge on any atom is 0.157 e. The van der Waals surface area contributed by atoms with Crippen LogP contribution in [0.1, 0.15) is 56.5 Å². The molecule has 3 atom stereocenters. The van der Waals surface area contributed by atoms with Crippen molar-refractivity contribution in [3.8, 4) is 0 Å². The van der Waals surface area contributed by atoms with Crippen LogP contribution in [0.4, 0.5) is 0 Å². The molecule has 1 aromatic heterocycles. The van der Waals surface area contributed by atoms with Gasteiger partial charge in [-0.2, -0.15) is 0 Å². The third-order valence-corrected chi connectivity index (χ3v) is 3.96. The van der Waals surface area contributed by atoms with E-state index in [-0.39, 0.29) is 0 Å². The molecule has 1 saturated carbocycles. The molecule has 2 rings (SSSR count). The largest absolute Gasteiger partial charge is 0.385 e. The van der Waals surface area contributed by atoms with Gasteiger partial charge in [0.2, 0.25) is 0 Å². The van der Waals surface area contributed by atoms with E-state index in [9.17, 15) is 5.11 Å². The van der Waals surface area contributed by atoms with Crippen LogP contribution in [-0.4, -0.2) is 15.1 Å². The standard InChI is InChI=1S/C14H22N2O/c1-3-11-6-4-5-7-12(11)13(17)14-15-8-10(2)9-16-14/h8-9,11-13,17H,3-7H2,1-2H3. The molecule has 3 unspecified atom stereocenters. The van der Waals surface area contributed by atoms with E-state index in [1.165, 1.54) is 19.3 Å². The van der Waals surface area contributed by atoms with Gasteiger partial charge in [0.15, 0.2) is 5.82 Å². The highest BCUT2D eigenvalue weighted by molar-refractivity contribution is 5.04. The average molecular weight is 234 g/mol. The molecule has 1 fully saturated rings. The molecule has 0 aromatic carbocycles. The van der Waals surface area contributed by atoms with E-state index in [4.69, 9.17) is 0 Å². The Morgan fingerprint density at radius 2 is 1.94 bits per heavy atom. The first kappa shape index (κ1) is 12.5. The lowest BCUT2D eigenvalue weighted by atomic mass is 9.75. The number of aromatic nitrogens is 2. The summed E-state index contributed by atoms with van der Waals surface area (Å²) in [7, 11) is 0. The van der Waals surface area contributed by atoms with Crippen molar-refractivity contribution in [2.75, 3.05) is 0 Å². The van der Waals surface area contributed by atoms with Crippen molar-refractivity contribution in [2.24, 2.45) is 11.8 Å². The van der Waals surface area contributed by atoms with Gasteiger partial charge in [-0.05, 0) is 30.7 Å². The van der Waals surface area contributed by atoms with Crippen LogP contribution in [0.3, 0.4) is 0 Å². The monoisotopic (exact) mass is 234 g/mol. The van der Waals surface area contributed by atoms with E-state index in [0.29, 0.717) is 17.7 Å². The minimum atomic E-state index is -0.485. The van der Waals surface area contributed by atoms with Crippen LogP contribution in [0.2, 0.25) is 0 Å².